The van der Waals surface area contributed by atoms with E-state index in [9.17, 15) is 4.79 Å². The lowest BCUT2D eigenvalue weighted by Gasteiger charge is -2.19. The van der Waals surface area contributed by atoms with Crippen molar-refractivity contribution in [3.05, 3.63) is 29.8 Å². The Morgan fingerprint density at radius 1 is 1.14 bits per heavy atom. The number of rotatable bonds is 7. The number of hydrogen-bond acceptors (Lipinski definition) is 3. The molecule has 4 heteroatoms. The van der Waals surface area contributed by atoms with Crippen LogP contribution in [0.5, 0.6) is 5.75 Å². The third-order valence-corrected chi connectivity index (χ3v) is 2.84. The second-order valence-corrected chi connectivity index (χ2v) is 5.98. The largest absolute Gasteiger partial charge is 0.494 e. The number of nitrogens with one attached hydrogen (secondary N) is 1. The maximum atomic E-state index is 11.4. The highest BCUT2D eigenvalue weighted by atomic mass is 16.6. The fraction of sp³-hybridized carbons (Fsp3) is 0.588. The molecule has 0 aliphatic heterocycles. The topological polar surface area (TPSA) is 47.6 Å². The van der Waals surface area contributed by atoms with Gasteiger partial charge < -0.3 is 14.8 Å². The highest BCUT2D eigenvalue weighted by Gasteiger charge is 2.15. The molecule has 0 aromatic heterocycles. The van der Waals surface area contributed by atoms with Gasteiger partial charge in [0.1, 0.15) is 11.4 Å². The summed E-state index contributed by atoms with van der Waals surface area (Å²) in [6, 6.07) is 8.16. The number of hydrogen-bond donors (Lipinski definition) is 1. The molecule has 0 saturated carbocycles. The minimum Gasteiger partial charge on any atom is -0.494 e. The van der Waals surface area contributed by atoms with Gasteiger partial charge in [-0.1, -0.05) is 19.1 Å². The molecule has 1 amide bonds. The average Bonchev–Trinajstić information content (AvgIpc) is 2.41. The summed E-state index contributed by atoms with van der Waals surface area (Å²) in [7, 11) is 0. The average molecular weight is 293 g/mol. The van der Waals surface area contributed by atoms with Gasteiger partial charge in [0, 0.05) is 6.54 Å². The predicted molar refractivity (Wildman–Crippen MR) is 84.8 cm³/mol. The maximum absolute atomic E-state index is 11.4. The van der Waals surface area contributed by atoms with Crippen LogP contribution in [0.1, 0.15) is 46.1 Å². The van der Waals surface area contributed by atoms with Gasteiger partial charge in [0.15, 0.2) is 0 Å². The summed E-state index contributed by atoms with van der Waals surface area (Å²) in [6.07, 6.45) is 2.44. The minimum atomic E-state index is -0.447. The molecule has 0 spiro atoms. The van der Waals surface area contributed by atoms with Crippen molar-refractivity contribution in [1.82, 2.24) is 5.32 Å². The summed E-state index contributed by atoms with van der Waals surface area (Å²) >= 11 is 0. The number of amides is 1. The number of carbonyl (C=O) groups excluding carboxylic acids is 1. The van der Waals surface area contributed by atoms with Crippen molar-refractivity contribution in [2.75, 3.05) is 13.2 Å². The SMILES string of the molecule is CCc1ccc(OCCCCNC(=O)OC(C)(C)C)cc1. The summed E-state index contributed by atoms with van der Waals surface area (Å²) < 4.78 is 10.8. The Hall–Kier alpha value is -1.71. The Balaban J connectivity index is 2.07. The second kappa shape index (κ2) is 8.55. The van der Waals surface area contributed by atoms with E-state index in [0.717, 1.165) is 25.0 Å². The first-order chi connectivity index (χ1) is 9.90. The number of ether oxygens (including phenoxy) is 2. The summed E-state index contributed by atoms with van der Waals surface area (Å²) in [4.78, 5) is 11.4. The van der Waals surface area contributed by atoms with Crippen LogP contribution < -0.4 is 10.1 Å². The van der Waals surface area contributed by atoms with Crippen LogP contribution in [-0.4, -0.2) is 24.8 Å². The molecular formula is C17H27NO3. The van der Waals surface area contributed by atoms with E-state index in [0.29, 0.717) is 13.2 Å². The number of alkyl carbamates (subject to hydrolysis) is 1. The predicted octanol–water partition coefficient (Wildman–Crippen LogP) is 3.93. The molecule has 1 aromatic rings. The Morgan fingerprint density at radius 3 is 2.38 bits per heavy atom. The summed E-state index contributed by atoms with van der Waals surface area (Å²) in [5, 5.41) is 2.74. The molecule has 0 unspecified atom stereocenters. The molecule has 1 aromatic carbocycles. The van der Waals surface area contributed by atoms with E-state index >= 15 is 0 Å². The van der Waals surface area contributed by atoms with Gasteiger partial charge in [0.25, 0.3) is 0 Å². The first-order valence-corrected chi connectivity index (χ1v) is 7.59. The van der Waals surface area contributed by atoms with Crippen LogP contribution in [0.15, 0.2) is 24.3 Å². The highest BCUT2D eigenvalue weighted by molar-refractivity contribution is 5.67. The third kappa shape index (κ3) is 8.23. The van der Waals surface area contributed by atoms with E-state index in [2.05, 4.69) is 24.4 Å². The number of benzene rings is 1. The Labute approximate surface area is 127 Å². The lowest BCUT2D eigenvalue weighted by atomic mass is 10.2. The van der Waals surface area contributed by atoms with Crippen LogP contribution in [0.2, 0.25) is 0 Å². The number of aryl methyl sites for hydroxylation is 1. The van der Waals surface area contributed by atoms with E-state index < -0.39 is 5.60 Å². The zero-order valence-corrected chi connectivity index (χ0v) is 13.6. The van der Waals surface area contributed by atoms with Crippen LogP contribution in [0.4, 0.5) is 4.79 Å². The quantitative estimate of drug-likeness (QED) is 0.775. The molecule has 0 aliphatic rings. The van der Waals surface area contributed by atoms with E-state index in [-0.39, 0.29) is 6.09 Å². The van der Waals surface area contributed by atoms with Crippen LogP contribution in [-0.2, 0) is 11.2 Å². The molecule has 0 saturated heterocycles. The standard InChI is InChI=1S/C17H27NO3/c1-5-14-8-10-15(11-9-14)20-13-7-6-12-18-16(19)21-17(2,3)4/h8-11H,5-7,12-13H2,1-4H3,(H,18,19). The number of carbonyl (C=O) groups is 1. The van der Waals surface area contributed by atoms with Gasteiger partial charge in [-0.15, -0.1) is 0 Å². The molecule has 21 heavy (non-hydrogen) atoms. The van der Waals surface area contributed by atoms with Crippen LogP contribution in [0.3, 0.4) is 0 Å². The molecule has 0 heterocycles. The first-order valence-electron chi connectivity index (χ1n) is 7.59. The van der Waals surface area contributed by atoms with Gasteiger partial charge >= 0.3 is 6.09 Å². The third-order valence-electron chi connectivity index (χ3n) is 2.84. The summed E-state index contributed by atoms with van der Waals surface area (Å²) in [6.45, 7) is 8.95. The molecule has 0 radical (unpaired) electrons. The summed E-state index contributed by atoms with van der Waals surface area (Å²) in [5.41, 5.74) is 0.863. The fourth-order valence-electron chi connectivity index (χ4n) is 1.74. The lowest BCUT2D eigenvalue weighted by Crippen LogP contribution is -2.33. The minimum absolute atomic E-state index is 0.362. The molecule has 4 nitrogen and oxygen atoms in total. The molecule has 1 N–H and O–H groups in total. The van der Waals surface area contributed by atoms with E-state index in [1.54, 1.807) is 0 Å². The van der Waals surface area contributed by atoms with Crippen molar-refractivity contribution in [2.24, 2.45) is 0 Å². The molecule has 1 rings (SSSR count). The fourth-order valence-corrected chi connectivity index (χ4v) is 1.74. The van der Waals surface area contributed by atoms with Crippen molar-refractivity contribution >= 4 is 6.09 Å². The van der Waals surface area contributed by atoms with Crippen LogP contribution >= 0.6 is 0 Å². The zero-order valence-electron chi connectivity index (χ0n) is 13.6. The maximum Gasteiger partial charge on any atom is 0.407 e. The van der Waals surface area contributed by atoms with Crippen molar-refractivity contribution in [2.45, 2.75) is 52.6 Å². The molecule has 0 fully saturated rings. The smallest absolute Gasteiger partial charge is 0.407 e. The molecular weight excluding hydrogens is 266 g/mol. The monoisotopic (exact) mass is 293 g/mol. The second-order valence-electron chi connectivity index (χ2n) is 5.98. The van der Waals surface area contributed by atoms with E-state index in [4.69, 9.17) is 9.47 Å². The Bertz CT molecular complexity index is 421. The van der Waals surface area contributed by atoms with Crippen molar-refractivity contribution in [1.29, 1.82) is 0 Å². The Kier molecular flexibility index (Phi) is 7.06. The van der Waals surface area contributed by atoms with Gasteiger partial charge in [-0.3, -0.25) is 0 Å². The van der Waals surface area contributed by atoms with Crippen LogP contribution in [0.25, 0.3) is 0 Å². The van der Waals surface area contributed by atoms with Crippen molar-refractivity contribution in [3.63, 3.8) is 0 Å². The first kappa shape index (κ1) is 17.3. The lowest BCUT2D eigenvalue weighted by molar-refractivity contribution is 0.0526. The normalized spacial score (nSPS) is 11.0. The Morgan fingerprint density at radius 2 is 1.81 bits per heavy atom. The van der Waals surface area contributed by atoms with Crippen LogP contribution in [0, 0.1) is 0 Å². The van der Waals surface area contributed by atoms with Crippen molar-refractivity contribution in [3.8, 4) is 5.75 Å². The summed E-state index contributed by atoms with van der Waals surface area (Å²) in [5.74, 6) is 0.896. The highest BCUT2D eigenvalue weighted by Crippen LogP contribution is 2.12. The van der Waals surface area contributed by atoms with Gasteiger partial charge in [0.2, 0.25) is 0 Å². The van der Waals surface area contributed by atoms with E-state index in [1.165, 1.54) is 5.56 Å². The molecule has 118 valence electrons. The molecule has 0 aliphatic carbocycles. The molecule has 0 bridgehead atoms. The van der Waals surface area contributed by atoms with E-state index in [1.807, 2.05) is 32.9 Å². The van der Waals surface area contributed by atoms with Gasteiger partial charge in [-0.05, 0) is 57.7 Å². The van der Waals surface area contributed by atoms with Gasteiger partial charge in [-0.2, -0.15) is 0 Å². The number of unbranched alkanes of at least 4 members (excludes halogenated alkanes) is 1. The zero-order chi connectivity index (χ0) is 15.7. The van der Waals surface area contributed by atoms with Crippen molar-refractivity contribution < 1.29 is 14.3 Å². The van der Waals surface area contributed by atoms with Gasteiger partial charge in [-0.25, -0.2) is 4.79 Å². The van der Waals surface area contributed by atoms with Gasteiger partial charge in [0.05, 0.1) is 6.61 Å². The molecule has 0 atom stereocenters.